The molecule has 1 amide bonds. The first-order chi connectivity index (χ1) is 12.2. The summed E-state index contributed by atoms with van der Waals surface area (Å²) in [6.45, 7) is 3.18. The van der Waals surface area contributed by atoms with E-state index in [1.807, 2.05) is 55.5 Å². The van der Waals surface area contributed by atoms with Crippen LogP contribution in [0, 0.1) is 0 Å². The van der Waals surface area contributed by atoms with Gasteiger partial charge in [0, 0.05) is 29.7 Å². The van der Waals surface area contributed by atoms with E-state index < -0.39 is 0 Å². The zero-order chi connectivity index (χ0) is 17.6. The van der Waals surface area contributed by atoms with Crippen molar-refractivity contribution in [2.75, 3.05) is 13.7 Å². The molecule has 0 atom stereocenters. The first-order valence-electron chi connectivity index (χ1n) is 8.22. The highest BCUT2D eigenvalue weighted by molar-refractivity contribution is 5.99. The predicted molar refractivity (Wildman–Crippen MR) is 95.7 cm³/mol. The maximum absolute atomic E-state index is 12.7. The Hall–Kier alpha value is -2.79. The maximum Gasteiger partial charge on any atom is 0.287 e. The van der Waals surface area contributed by atoms with E-state index in [9.17, 15) is 4.79 Å². The Kier molecular flexibility index (Phi) is 5.36. The van der Waals surface area contributed by atoms with Crippen LogP contribution in [-0.2, 0) is 17.9 Å². The van der Waals surface area contributed by atoms with Gasteiger partial charge in [0.25, 0.3) is 5.91 Å². The minimum absolute atomic E-state index is 0.267. The van der Waals surface area contributed by atoms with Crippen molar-refractivity contribution < 1.29 is 18.7 Å². The Morgan fingerprint density at radius 1 is 1.12 bits per heavy atom. The van der Waals surface area contributed by atoms with Gasteiger partial charge in [-0.05, 0) is 19.1 Å². The van der Waals surface area contributed by atoms with Crippen molar-refractivity contribution in [3.63, 3.8) is 0 Å². The molecule has 0 aliphatic heterocycles. The fourth-order valence-corrected chi connectivity index (χ4v) is 2.73. The van der Waals surface area contributed by atoms with Gasteiger partial charge >= 0.3 is 0 Å². The van der Waals surface area contributed by atoms with Crippen LogP contribution in [0.15, 0.2) is 52.9 Å². The van der Waals surface area contributed by atoms with Gasteiger partial charge in [-0.3, -0.25) is 4.79 Å². The molecule has 1 N–H and O–H groups in total. The third-order valence-corrected chi connectivity index (χ3v) is 3.99. The van der Waals surface area contributed by atoms with Gasteiger partial charge in [-0.2, -0.15) is 0 Å². The summed E-state index contributed by atoms with van der Waals surface area (Å²) in [6, 6.07) is 15.2. The van der Waals surface area contributed by atoms with Crippen molar-refractivity contribution >= 4 is 16.9 Å². The number of furan rings is 1. The number of fused-ring (bicyclic) bond motifs is 1. The molecule has 130 valence electrons. The van der Waals surface area contributed by atoms with E-state index in [0.717, 1.165) is 22.3 Å². The number of amides is 1. The Morgan fingerprint density at radius 2 is 1.88 bits per heavy atom. The molecule has 3 rings (SSSR count). The second-order valence-corrected chi connectivity index (χ2v) is 5.54. The summed E-state index contributed by atoms with van der Waals surface area (Å²) >= 11 is 0. The molecule has 2 aromatic carbocycles. The zero-order valence-corrected chi connectivity index (χ0v) is 14.4. The van der Waals surface area contributed by atoms with Crippen LogP contribution >= 0.6 is 0 Å². The van der Waals surface area contributed by atoms with Gasteiger partial charge in [0.05, 0.1) is 13.7 Å². The molecule has 25 heavy (non-hydrogen) atoms. The highest BCUT2D eigenvalue weighted by Gasteiger charge is 2.20. The van der Waals surface area contributed by atoms with Crippen LogP contribution in [0.25, 0.3) is 11.0 Å². The lowest BCUT2D eigenvalue weighted by atomic mass is 10.1. The van der Waals surface area contributed by atoms with Crippen LogP contribution in [0.5, 0.6) is 5.75 Å². The van der Waals surface area contributed by atoms with Gasteiger partial charge in [0.1, 0.15) is 11.3 Å². The summed E-state index contributed by atoms with van der Waals surface area (Å²) in [5.41, 5.74) is 2.36. The molecule has 0 saturated heterocycles. The molecule has 1 aromatic heterocycles. The largest absolute Gasteiger partial charge is 0.496 e. The molecule has 0 aliphatic carbocycles. The molecule has 0 unspecified atom stereocenters. The van der Waals surface area contributed by atoms with Crippen molar-refractivity contribution in [1.29, 1.82) is 0 Å². The quantitative estimate of drug-likeness (QED) is 0.709. The topological polar surface area (TPSA) is 60.7 Å². The van der Waals surface area contributed by atoms with Gasteiger partial charge in [-0.1, -0.05) is 36.4 Å². The van der Waals surface area contributed by atoms with Crippen molar-refractivity contribution in [1.82, 2.24) is 5.32 Å². The van der Waals surface area contributed by atoms with Crippen LogP contribution in [-0.4, -0.2) is 19.6 Å². The molecule has 5 heteroatoms. The van der Waals surface area contributed by atoms with Gasteiger partial charge in [-0.15, -0.1) is 0 Å². The van der Waals surface area contributed by atoms with Crippen LogP contribution in [0.3, 0.4) is 0 Å². The third-order valence-electron chi connectivity index (χ3n) is 3.99. The number of hydrogen-bond acceptors (Lipinski definition) is 4. The van der Waals surface area contributed by atoms with Crippen LogP contribution in [0.1, 0.15) is 28.6 Å². The van der Waals surface area contributed by atoms with Gasteiger partial charge in [-0.25, -0.2) is 0 Å². The molecule has 0 saturated carbocycles. The molecule has 0 radical (unpaired) electrons. The van der Waals surface area contributed by atoms with E-state index in [4.69, 9.17) is 13.9 Å². The number of nitrogens with one attached hydrogen (secondary N) is 1. The van der Waals surface area contributed by atoms with E-state index in [1.165, 1.54) is 0 Å². The van der Waals surface area contributed by atoms with E-state index in [1.54, 1.807) is 7.11 Å². The minimum atomic E-state index is -0.267. The smallest absolute Gasteiger partial charge is 0.287 e. The lowest BCUT2D eigenvalue weighted by molar-refractivity contribution is 0.0912. The van der Waals surface area contributed by atoms with Crippen LogP contribution in [0.4, 0.5) is 0 Å². The Morgan fingerprint density at radius 3 is 2.68 bits per heavy atom. The summed E-state index contributed by atoms with van der Waals surface area (Å²) in [4.78, 5) is 12.7. The highest BCUT2D eigenvalue weighted by Crippen LogP contribution is 2.27. The van der Waals surface area contributed by atoms with E-state index in [2.05, 4.69) is 5.32 Å². The molecule has 0 fully saturated rings. The Balaban J connectivity index is 1.84. The number of hydrogen-bond donors (Lipinski definition) is 1. The number of carbonyl (C=O) groups excluding carboxylic acids is 1. The molecule has 0 bridgehead atoms. The molecular formula is C20H21NO4. The molecule has 3 aromatic rings. The second kappa shape index (κ2) is 7.85. The van der Waals surface area contributed by atoms with E-state index in [0.29, 0.717) is 31.1 Å². The van der Waals surface area contributed by atoms with Gasteiger partial charge in [0.2, 0.25) is 0 Å². The van der Waals surface area contributed by atoms with Crippen LogP contribution in [0.2, 0.25) is 0 Å². The molecule has 0 spiro atoms. The summed E-state index contributed by atoms with van der Waals surface area (Å²) in [5.74, 6) is 0.767. The fourth-order valence-electron chi connectivity index (χ4n) is 2.73. The lowest BCUT2D eigenvalue weighted by Crippen LogP contribution is -2.23. The highest BCUT2D eigenvalue weighted by atomic mass is 16.5. The first kappa shape index (κ1) is 17.0. The van der Waals surface area contributed by atoms with Crippen LogP contribution < -0.4 is 10.1 Å². The molecule has 1 heterocycles. The summed E-state index contributed by atoms with van der Waals surface area (Å²) < 4.78 is 16.6. The molecule has 0 aliphatic rings. The van der Waals surface area contributed by atoms with E-state index >= 15 is 0 Å². The maximum atomic E-state index is 12.7. The SMILES string of the molecule is CCOCc1c(C(=O)NCc2ccccc2OC)oc2ccccc12. The standard InChI is InChI=1S/C20H21NO4/c1-3-24-13-16-15-9-5-7-11-18(15)25-19(16)20(22)21-12-14-8-4-6-10-17(14)23-2/h4-11H,3,12-13H2,1-2H3,(H,21,22). The van der Waals surface area contributed by atoms with Crippen molar-refractivity contribution in [2.45, 2.75) is 20.1 Å². The number of ether oxygens (including phenoxy) is 2. The number of benzene rings is 2. The monoisotopic (exact) mass is 339 g/mol. The number of methoxy groups -OCH3 is 1. The normalized spacial score (nSPS) is 10.8. The predicted octanol–water partition coefficient (Wildman–Crippen LogP) is 3.91. The number of para-hydroxylation sites is 2. The Bertz CT molecular complexity index is 869. The van der Waals surface area contributed by atoms with Gasteiger partial charge < -0.3 is 19.2 Å². The number of rotatable bonds is 7. The Labute approximate surface area is 146 Å². The van der Waals surface area contributed by atoms with Crippen molar-refractivity contribution in [3.8, 4) is 5.75 Å². The average molecular weight is 339 g/mol. The number of carbonyl (C=O) groups is 1. The van der Waals surface area contributed by atoms with E-state index in [-0.39, 0.29) is 5.91 Å². The van der Waals surface area contributed by atoms with Gasteiger partial charge in [0.15, 0.2) is 5.76 Å². The molecular weight excluding hydrogens is 318 g/mol. The zero-order valence-electron chi connectivity index (χ0n) is 14.4. The summed E-state index contributed by atoms with van der Waals surface area (Å²) in [5, 5.41) is 3.80. The van der Waals surface area contributed by atoms with Crippen molar-refractivity contribution in [3.05, 3.63) is 65.4 Å². The first-order valence-corrected chi connectivity index (χ1v) is 8.22. The molecule has 5 nitrogen and oxygen atoms in total. The minimum Gasteiger partial charge on any atom is -0.496 e. The summed E-state index contributed by atoms with van der Waals surface area (Å²) in [6.07, 6.45) is 0. The fraction of sp³-hybridized carbons (Fsp3) is 0.250. The lowest BCUT2D eigenvalue weighted by Gasteiger charge is -2.09. The third kappa shape index (κ3) is 3.67. The average Bonchev–Trinajstić information content (AvgIpc) is 3.03. The summed E-state index contributed by atoms with van der Waals surface area (Å²) in [7, 11) is 1.61. The second-order valence-electron chi connectivity index (χ2n) is 5.54. The van der Waals surface area contributed by atoms with Crippen molar-refractivity contribution in [2.24, 2.45) is 0 Å².